The highest BCUT2D eigenvalue weighted by Gasteiger charge is 2.27. The minimum absolute atomic E-state index is 0.00480. The molecule has 11 N–H and O–H groups in total. The Labute approximate surface area is 167 Å². The summed E-state index contributed by atoms with van der Waals surface area (Å²) in [6.45, 7) is -1.09. The summed E-state index contributed by atoms with van der Waals surface area (Å²) < 4.78 is 0. The van der Waals surface area contributed by atoms with Gasteiger partial charge in [-0.05, 0) is 32.2 Å². The van der Waals surface area contributed by atoms with Gasteiger partial charge in [-0.15, -0.1) is 0 Å². The molecule has 0 aromatic rings. The third-order valence-corrected chi connectivity index (χ3v) is 3.85. The van der Waals surface area contributed by atoms with Crippen LogP contribution in [0.5, 0.6) is 0 Å². The predicted molar refractivity (Wildman–Crippen MR) is 101 cm³/mol. The van der Waals surface area contributed by atoms with Gasteiger partial charge in [-0.2, -0.15) is 0 Å². The van der Waals surface area contributed by atoms with Crippen LogP contribution in [0.25, 0.3) is 0 Å². The zero-order valence-electron chi connectivity index (χ0n) is 16.1. The van der Waals surface area contributed by atoms with Crippen LogP contribution in [0.2, 0.25) is 0 Å². The molecule has 0 fully saturated rings. The van der Waals surface area contributed by atoms with Crippen LogP contribution in [0.4, 0.5) is 0 Å². The molecule has 3 atom stereocenters. The van der Waals surface area contributed by atoms with Crippen molar-refractivity contribution in [3.8, 4) is 0 Å². The molecule has 0 heterocycles. The fourth-order valence-electron chi connectivity index (χ4n) is 2.22. The molecule has 0 spiro atoms. The van der Waals surface area contributed by atoms with E-state index >= 15 is 0 Å². The second-order valence-corrected chi connectivity index (χ2v) is 6.31. The number of primary amides is 1. The van der Waals surface area contributed by atoms with Gasteiger partial charge in [0.25, 0.3) is 0 Å². The van der Waals surface area contributed by atoms with Gasteiger partial charge in [0, 0.05) is 6.42 Å². The summed E-state index contributed by atoms with van der Waals surface area (Å²) in [6.07, 6.45) is 1.15. The van der Waals surface area contributed by atoms with Crippen molar-refractivity contribution in [2.45, 2.75) is 50.2 Å². The third-order valence-electron chi connectivity index (χ3n) is 3.85. The summed E-state index contributed by atoms with van der Waals surface area (Å²) in [5.41, 5.74) is 16.1. The van der Waals surface area contributed by atoms with Gasteiger partial charge in [0.1, 0.15) is 18.6 Å². The molecule has 0 aromatic carbocycles. The number of amides is 4. The normalized spacial score (nSPS) is 13.6. The summed E-state index contributed by atoms with van der Waals surface area (Å²) >= 11 is 0. The first-order valence-corrected chi connectivity index (χ1v) is 9.07. The Bertz CT molecular complexity index is 586. The number of carbonyl (C=O) groups is 5. The maximum atomic E-state index is 12.5. The van der Waals surface area contributed by atoms with Crippen LogP contribution in [0.1, 0.15) is 32.1 Å². The molecule has 0 bridgehead atoms. The standard InChI is InChI=1S/C16H30N6O7/c17-6-2-1-3-10(21-14(27)9(18)4-5-12(19)24)16(29)22-11(8-23)15(28)20-7-13(25)26/h9-11,23H,1-8,17-18H2,(H2,19,24)(H,20,28)(H,21,27)(H,22,29)(H,25,26). The second kappa shape index (κ2) is 14.3. The van der Waals surface area contributed by atoms with Crippen molar-refractivity contribution in [2.75, 3.05) is 19.7 Å². The Morgan fingerprint density at radius 1 is 0.897 bits per heavy atom. The molecule has 0 saturated carbocycles. The number of hydrogen-bond acceptors (Lipinski definition) is 8. The van der Waals surface area contributed by atoms with E-state index in [0.717, 1.165) is 0 Å². The SMILES string of the molecule is NCCCCC(NC(=O)C(N)CCC(N)=O)C(=O)NC(CO)C(=O)NCC(=O)O. The monoisotopic (exact) mass is 418 g/mol. The van der Waals surface area contributed by atoms with Crippen LogP contribution in [0.15, 0.2) is 0 Å². The maximum absolute atomic E-state index is 12.5. The quantitative estimate of drug-likeness (QED) is 0.120. The Kier molecular flexibility index (Phi) is 12.9. The summed E-state index contributed by atoms with van der Waals surface area (Å²) in [5, 5.41) is 24.6. The van der Waals surface area contributed by atoms with Crippen molar-refractivity contribution >= 4 is 29.6 Å². The van der Waals surface area contributed by atoms with E-state index in [0.29, 0.717) is 19.4 Å². The zero-order valence-corrected chi connectivity index (χ0v) is 16.1. The number of nitrogens with one attached hydrogen (secondary N) is 3. The van der Waals surface area contributed by atoms with E-state index in [9.17, 15) is 29.1 Å². The first kappa shape index (κ1) is 26.2. The molecule has 0 radical (unpaired) electrons. The molecule has 0 rings (SSSR count). The summed E-state index contributed by atoms with van der Waals surface area (Å²) in [7, 11) is 0. The number of unbranched alkanes of at least 4 members (excludes halogenated alkanes) is 1. The largest absolute Gasteiger partial charge is 0.480 e. The van der Waals surface area contributed by atoms with Gasteiger partial charge >= 0.3 is 5.97 Å². The molecule has 0 aromatic heterocycles. The van der Waals surface area contributed by atoms with Gasteiger partial charge in [-0.25, -0.2) is 0 Å². The number of carboxylic acid groups (broad SMARTS) is 1. The number of rotatable bonds is 15. The highest BCUT2D eigenvalue weighted by Crippen LogP contribution is 2.03. The number of aliphatic hydroxyl groups excluding tert-OH is 1. The van der Waals surface area contributed by atoms with Crippen LogP contribution in [-0.4, -0.2) is 77.6 Å². The fourth-order valence-corrected chi connectivity index (χ4v) is 2.22. The molecule has 3 unspecified atom stereocenters. The van der Waals surface area contributed by atoms with Gasteiger partial charge in [-0.3, -0.25) is 24.0 Å². The number of carbonyl (C=O) groups excluding carboxylic acids is 4. The highest BCUT2D eigenvalue weighted by molar-refractivity contribution is 5.93. The van der Waals surface area contributed by atoms with Crippen molar-refractivity contribution in [1.29, 1.82) is 0 Å². The average Bonchev–Trinajstić information content (AvgIpc) is 2.67. The molecule has 0 aliphatic heterocycles. The lowest BCUT2D eigenvalue weighted by Gasteiger charge is -2.23. The molecule has 166 valence electrons. The number of aliphatic hydroxyl groups is 1. The van der Waals surface area contributed by atoms with Gasteiger partial charge in [0.05, 0.1) is 12.6 Å². The van der Waals surface area contributed by atoms with E-state index in [2.05, 4.69) is 10.6 Å². The van der Waals surface area contributed by atoms with Crippen molar-refractivity contribution in [2.24, 2.45) is 17.2 Å². The molecule has 4 amide bonds. The number of nitrogens with two attached hydrogens (primary N) is 3. The Balaban J connectivity index is 4.99. The Morgan fingerprint density at radius 2 is 1.52 bits per heavy atom. The zero-order chi connectivity index (χ0) is 22.4. The first-order chi connectivity index (χ1) is 13.6. The molecule has 13 heteroatoms. The molecule has 29 heavy (non-hydrogen) atoms. The third kappa shape index (κ3) is 11.6. The van der Waals surface area contributed by atoms with E-state index in [4.69, 9.17) is 22.3 Å². The molecule has 13 nitrogen and oxygen atoms in total. The van der Waals surface area contributed by atoms with E-state index in [1.807, 2.05) is 5.32 Å². The Hall–Kier alpha value is -2.77. The van der Waals surface area contributed by atoms with Gasteiger partial charge in [-0.1, -0.05) is 0 Å². The van der Waals surface area contributed by atoms with E-state index in [1.54, 1.807) is 0 Å². The molecular weight excluding hydrogens is 388 g/mol. The van der Waals surface area contributed by atoms with Crippen molar-refractivity contribution in [1.82, 2.24) is 16.0 Å². The van der Waals surface area contributed by atoms with Crippen molar-refractivity contribution in [3.63, 3.8) is 0 Å². The summed E-state index contributed by atoms with van der Waals surface area (Å²) in [4.78, 5) is 57.9. The van der Waals surface area contributed by atoms with Crippen LogP contribution < -0.4 is 33.2 Å². The number of carboxylic acids is 1. The summed E-state index contributed by atoms with van der Waals surface area (Å²) in [5.74, 6) is -4.26. The van der Waals surface area contributed by atoms with Gasteiger partial charge in [0.15, 0.2) is 0 Å². The number of hydrogen-bond donors (Lipinski definition) is 8. The lowest BCUT2D eigenvalue weighted by molar-refractivity contribution is -0.139. The van der Waals surface area contributed by atoms with Crippen LogP contribution >= 0.6 is 0 Å². The molecule has 0 aliphatic carbocycles. The minimum Gasteiger partial charge on any atom is -0.480 e. The maximum Gasteiger partial charge on any atom is 0.322 e. The summed E-state index contributed by atoms with van der Waals surface area (Å²) in [6, 6.07) is -3.55. The van der Waals surface area contributed by atoms with E-state index in [1.165, 1.54) is 0 Å². The van der Waals surface area contributed by atoms with Gasteiger partial charge < -0.3 is 43.4 Å². The van der Waals surface area contributed by atoms with E-state index < -0.39 is 60.9 Å². The topological polar surface area (TPSA) is 240 Å². The van der Waals surface area contributed by atoms with Crippen LogP contribution in [0, 0.1) is 0 Å². The van der Waals surface area contributed by atoms with Crippen molar-refractivity contribution < 1.29 is 34.2 Å². The Morgan fingerprint density at radius 3 is 2.03 bits per heavy atom. The molecule has 0 aliphatic rings. The predicted octanol–water partition coefficient (Wildman–Crippen LogP) is -4.13. The lowest BCUT2D eigenvalue weighted by Crippen LogP contribution is -2.57. The minimum atomic E-state index is -1.40. The molecule has 0 saturated heterocycles. The van der Waals surface area contributed by atoms with E-state index in [-0.39, 0.29) is 19.3 Å². The average molecular weight is 418 g/mol. The fraction of sp³-hybridized carbons (Fsp3) is 0.688. The van der Waals surface area contributed by atoms with Gasteiger partial charge in [0.2, 0.25) is 23.6 Å². The van der Waals surface area contributed by atoms with Crippen molar-refractivity contribution in [3.05, 3.63) is 0 Å². The number of aliphatic carboxylic acids is 1. The lowest BCUT2D eigenvalue weighted by atomic mass is 10.1. The second-order valence-electron chi connectivity index (χ2n) is 6.31. The highest BCUT2D eigenvalue weighted by atomic mass is 16.4. The van der Waals surface area contributed by atoms with Crippen LogP contribution in [0.3, 0.4) is 0 Å². The van der Waals surface area contributed by atoms with Crippen LogP contribution in [-0.2, 0) is 24.0 Å². The molecular formula is C16H30N6O7. The first-order valence-electron chi connectivity index (χ1n) is 9.07. The smallest absolute Gasteiger partial charge is 0.322 e.